The van der Waals surface area contributed by atoms with Gasteiger partial charge >= 0.3 is 0 Å². The fourth-order valence-corrected chi connectivity index (χ4v) is 3.09. The molecule has 0 aromatic heterocycles. The van der Waals surface area contributed by atoms with Gasteiger partial charge in [0.1, 0.15) is 11.6 Å². The van der Waals surface area contributed by atoms with Crippen LogP contribution < -0.4 is 4.74 Å². The second-order valence-corrected chi connectivity index (χ2v) is 5.35. The van der Waals surface area contributed by atoms with E-state index in [0.717, 1.165) is 24.8 Å². The zero-order chi connectivity index (χ0) is 14.8. The molecule has 0 saturated heterocycles. The lowest BCUT2D eigenvalue weighted by Crippen LogP contribution is -2.19. The summed E-state index contributed by atoms with van der Waals surface area (Å²) in [5.41, 5.74) is 2.62. The summed E-state index contributed by atoms with van der Waals surface area (Å²) in [6, 6.07) is 12.1. The second-order valence-electron chi connectivity index (χ2n) is 5.35. The number of halogens is 1. The first kappa shape index (κ1) is 13.8. The molecule has 1 aliphatic rings. The molecule has 0 aliphatic heterocycles. The van der Waals surface area contributed by atoms with Crippen LogP contribution in [0.15, 0.2) is 42.5 Å². The topological polar surface area (TPSA) is 26.3 Å². The average molecular weight is 284 g/mol. The van der Waals surface area contributed by atoms with E-state index >= 15 is 0 Å². The van der Waals surface area contributed by atoms with Crippen molar-refractivity contribution in [3.8, 4) is 5.75 Å². The molecule has 108 valence electrons. The van der Waals surface area contributed by atoms with Gasteiger partial charge in [-0.05, 0) is 48.6 Å². The number of carbonyl (C=O) groups excluding carboxylic acids is 1. The normalized spacial score (nSPS) is 17.1. The van der Waals surface area contributed by atoms with Crippen LogP contribution in [0.4, 0.5) is 4.39 Å². The van der Waals surface area contributed by atoms with Crippen LogP contribution in [0.3, 0.4) is 0 Å². The van der Waals surface area contributed by atoms with Gasteiger partial charge in [0.15, 0.2) is 5.78 Å². The van der Waals surface area contributed by atoms with E-state index in [1.807, 2.05) is 18.2 Å². The number of methoxy groups -OCH3 is 1. The van der Waals surface area contributed by atoms with Gasteiger partial charge in [0.25, 0.3) is 0 Å². The number of benzene rings is 2. The van der Waals surface area contributed by atoms with E-state index in [2.05, 4.69) is 6.07 Å². The maximum absolute atomic E-state index is 13.5. The summed E-state index contributed by atoms with van der Waals surface area (Å²) < 4.78 is 18.7. The predicted molar refractivity (Wildman–Crippen MR) is 79.4 cm³/mol. The fourth-order valence-electron chi connectivity index (χ4n) is 3.09. The highest BCUT2D eigenvalue weighted by Gasteiger charge is 2.28. The molecule has 0 saturated carbocycles. The Morgan fingerprint density at radius 2 is 2.05 bits per heavy atom. The minimum atomic E-state index is -0.414. The number of rotatable bonds is 3. The first-order valence-corrected chi connectivity index (χ1v) is 7.16. The van der Waals surface area contributed by atoms with Crippen molar-refractivity contribution in [3.63, 3.8) is 0 Å². The van der Waals surface area contributed by atoms with Gasteiger partial charge in [-0.25, -0.2) is 4.39 Å². The molecule has 0 fully saturated rings. The maximum Gasteiger partial charge on any atom is 0.174 e. The molecule has 2 aromatic rings. The van der Waals surface area contributed by atoms with Crippen LogP contribution in [-0.4, -0.2) is 12.9 Å². The quantitative estimate of drug-likeness (QED) is 0.792. The molecule has 3 heteroatoms. The van der Waals surface area contributed by atoms with Crippen molar-refractivity contribution in [3.05, 3.63) is 65.0 Å². The van der Waals surface area contributed by atoms with Crippen LogP contribution in [-0.2, 0) is 6.42 Å². The number of ketones is 1. The van der Waals surface area contributed by atoms with Crippen molar-refractivity contribution in [2.24, 2.45) is 0 Å². The fraction of sp³-hybridized carbons (Fsp3) is 0.278. The van der Waals surface area contributed by atoms with Crippen LogP contribution in [0.25, 0.3) is 0 Å². The van der Waals surface area contributed by atoms with E-state index < -0.39 is 5.82 Å². The van der Waals surface area contributed by atoms with E-state index in [4.69, 9.17) is 4.74 Å². The number of Topliss-reactive ketones (excluding diaryl/α,β-unsaturated/α-hetero) is 1. The number of hydrogen-bond acceptors (Lipinski definition) is 2. The monoisotopic (exact) mass is 284 g/mol. The van der Waals surface area contributed by atoms with Gasteiger partial charge in [-0.1, -0.05) is 24.3 Å². The Morgan fingerprint density at radius 1 is 1.24 bits per heavy atom. The lowest BCUT2D eigenvalue weighted by molar-refractivity contribution is 0.0947. The van der Waals surface area contributed by atoms with Crippen molar-refractivity contribution in [1.29, 1.82) is 0 Å². The zero-order valence-corrected chi connectivity index (χ0v) is 11.9. The Kier molecular flexibility index (Phi) is 3.74. The van der Waals surface area contributed by atoms with E-state index in [0.29, 0.717) is 11.3 Å². The van der Waals surface area contributed by atoms with E-state index in [1.165, 1.54) is 30.9 Å². The highest BCUT2D eigenvalue weighted by molar-refractivity contribution is 6.03. The molecule has 0 radical (unpaired) electrons. The second kappa shape index (κ2) is 5.68. The Hall–Kier alpha value is -2.16. The molecule has 2 aromatic carbocycles. The van der Waals surface area contributed by atoms with Gasteiger partial charge in [0.2, 0.25) is 0 Å². The lowest BCUT2D eigenvalue weighted by atomic mass is 9.79. The van der Waals surface area contributed by atoms with Crippen LogP contribution >= 0.6 is 0 Å². The molecule has 1 unspecified atom stereocenters. The summed E-state index contributed by atoms with van der Waals surface area (Å²) in [5, 5.41) is 0. The third-order valence-electron chi connectivity index (χ3n) is 4.11. The van der Waals surface area contributed by atoms with Gasteiger partial charge in [-0.15, -0.1) is 0 Å². The number of aryl methyl sites for hydroxylation is 1. The molecular weight excluding hydrogens is 267 g/mol. The Morgan fingerprint density at radius 3 is 2.86 bits per heavy atom. The molecule has 3 rings (SSSR count). The van der Waals surface area contributed by atoms with E-state index in [-0.39, 0.29) is 11.7 Å². The largest absolute Gasteiger partial charge is 0.496 e. The molecular formula is C18H17FO2. The number of hydrogen-bond donors (Lipinski definition) is 0. The number of carbonyl (C=O) groups is 1. The third-order valence-corrected chi connectivity index (χ3v) is 4.11. The summed E-state index contributed by atoms with van der Waals surface area (Å²) in [6.45, 7) is 0. The molecule has 0 amide bonds. The summed E-state index contributed by atoms with van der Waals surface area (Å²) in [5.74, 6) is -0.239. The molecule has 1 atom stereocenters. The van der Waals surface area contributed by atoms with Gasteiger partial charge in [0, 0.05) is 5.92 Å². The number of fused-ring (bicyclic) bond motifs is 1. The molecule has 0 bridgehead atoms. The van der Waals surface area contributed by atoms with Crippen LogP contribution in [0.2, 0.25) is 0 Å². The summed E-state index contributed by atoms with van der Waals surface area (Å²) in [6.07, 6.45) is 2.78. The zero-order valence-electron chi connectivity index (χ0n) is 11.9. The van der Waals surface area contributed by atoms with Crippen LogP contribution in [0.5, 0.6) is 5.75 Å². The van der Waals surface area contributed by atoms with Crippen molar-refractivity contribution >= 4 is 5.78 Å². The highest BCUT2D eigenvalue weighted by atomic mass is 19.1. The minimum absolute atomic E-state index is 0.0569. The summed E-state index contributed by atoms with van der Waals surface area (Å²) >= 11 is 0. The van der Waals surface area contributed by atoms with Crippen LogP contribution in [0.1, 0.15) is 40.2 Å². The SMILES string of the molecule is COc1ccc(F)cc1C(=O)C1CCCc2ccccc21. The Labute approximate surface area is 123 Å². The standard InChI is InChI=1S/C18H17FO2/c1-21-17-10-9-13(19)11-16(17)18(20)15-8-4-6-12-5-2-3-7-14(12)15/h2-3,5,7,9-11,15H,4,6,8H2,1H3. The van der Waals surface area contributed by atoms with Gasteiger partial charge in [0.05, 0.1) is 12.7 Å². The summed E-state index contributed by atoms with van der Waals surface area (Å²) in [7, 11) is 1.50. The molecule has 1 aliphatic carbocycles. The minimum Gasteiger partial charge on any atom is -0.496 e. The smallest absolute Gasteiger partial charge is 0.174 e. The van der Waals surface area contributed by atoms with Crippen molar-refractivity contribution < 1.29 is 13.9 Å². The average Bonchev–Trinajstić information content (AvgIpc) is 2.53. The predicted octanol–water partition coefficient (Wildman–Crippen LogP) is 4.14. The van der Waals surface area contributed by atoms with Gasteiger partial charge in [-0.3, -0.25) is 4.79 Å². The highest BCUT2D eigenvalue weighted by Crippen LogP contribution is 2.36. The van der Waals surface area contributed by atoms with Gasteiger partial charge in [-0.2, -0.15) is 0 Å². The van der Waals surface area contributed by atoms with E-state index in [1.54, 1.807) is 0 Å². The molecule has 2 nitrogen and oxygen atoms in total. The third kappa shape index (κ3) is 2.56. The van der Waals surface area contributed by atoms with Crippen molar-refractivity contribution in [1.82, 2.24) is 0 Å². The Balaban J connectivity index is 2.02. The molecule has 0 spiro atoms. The lowest BCUT2D eigenvalue weighted by Gasteiger charge is -2.25. The number of ether oxygens (including phenoxy) is 1. The summed E-state index contributed by atoms with van der Waals surface area (Å²) in [4.78, 5) is 12.8. The Bertz CT molecular complexity index is 679. The van der Waals surface area contributed by atoms with Gasteiger partial charge < -0.3 is 4.74 Å². The molecule has 0 heterocycles. The maximum atomic E-state index is 13.5. The van der Waals surface area contributed by atoms with E-state index in [9.17, 15) is 9.18 Å². The molecule has 0 N–H and O–H groups in total. The van der Waals surface area contributed by atoms with Crippen molar-refractivity contribution in [2.45, 2.75) is 25.2 Å². The van der Waals surface area contributed by atoms with Crippen molar-refractivity contribution in [2.75, 3.05) is 7.11 Å². The molecule has 21 heavy (non-hydrogen) atoms. The van der Waals surface area contributed by atoms with Crippen LogP contribution in [0, 0.1) is 5.82 Å². The first-order valence-electron chi connectivity index (χ1n) is 7.16. The first-order chi connectivity index (χ1) is 10.2.